The zero-order valence-electron chi connectivity index (χ0n) is 19.3. The van der Waals surface area contributed by atoms with Gasteiger partial charge in [0.2, 0.25) is 0 Å². The van der Waals surface area contributed by atoms with Crippen molar-refractivity contribution in [1.82, 2.24) is 9.62 Å². The fourth-order valence-corrected chi connectivity index (χ4v) is 5.28. The Morgan fingerprint density at radius 2 is 1.83 bits per heavy atom. The number of methoxy groups -OCH3 is 1. The molecule has 1 aliphatic carbocycles. The smallest absolute Gasteiger partial charge is 0.410 e. The highest BCUT2D eigenvalue weighted by molar-refractivity contribution is 7.90. The van der Waals surface area contributed by atoms with Gasteiger partial charge in [-0.15, -0.1) is 4.72 Å². The molecule has 2 atom stereocenters. The topological polar surface area (TPSA) is 73.9 Å². The van der Waals surface area contributed by atoms with Crippen molar-refractivity contribution in [2.24, 2.45) is 5.41 Å². The average Bonchev–Trinajstić information content (AvgIpc) is 2.92. The Kier molecular flexibility index (Phi) is 6.38. The van der Waals surface area contributed by atoms with Crippen LogP contribution >= 0.6 is 0 Å². The van der Waals surface area contributed by atoms with Crippen molar-refractivity contribution in [3.8, 4) is 5.75 Å². The van der Waals surface area contributed by atoms with Crippen molar-refractivity contribution in [3.05, 3.63) is 29.3 Å². The number of rotatable bonds is 3. The summed E-state index contributed by atoms with van der Waals surface area (Å²) in [7, 11) is 1.67. The predicted octanol–water partition coefficient (Wildman–Crippen LogP) is 4.36. The molecule has 2 aliphatic rings. The van der Waals surface area contributed by atoms with Crippen LogP contribution in [-0.4, -0.2) is 46.1 Å². The molecular formula is C23H36N2O4S. The zero-order chi connectivity index (χ0) is 22.3. The number of carbonyl (C=O) groups is 1. The highest BCUT2D eigenvalue weighted by atomic mass is 32.2. The van der Waals surface area contributed by atoms with Crippen LogP contribution in [0.5, 0.6) is 5.75 Å². The summed E-state index contributed by atoms with van der Waals surface area (Å²) in [5.74, 6) is 0.810. The maximum absolute atomic E-state index is 13.0. The van der Waals surface area contributed by atoms with Crippen LogP contribution in [-0.2, 0) is 22.5 Å². The lowest BCUT2D eigenvalue weighted by molar-refractivity contribution is 0.00716. The van der Waals surface area contributed by atoms with Gasteiger partial charge in [-0.25, -0.2) is 4.79 Å². The maximum Gasteiger partial charge on any atom is 0.410 e. The third-order valence-electron chi connectivity index (χ3n) is 6.01. The standard InChI is InChI=1S/C23H36N2O4S/c1-21(2,3)29-20(26)25-12-10-23(11-13-25)15-16-8-9-17(28-7)14-18(16)19(23)24-30(27)22(4,5)6/h8-9,14,19,24H,10-13,15H2,1-7H3/t19-,30-/m1/s1. The molecule has 1 aromatic carbocycles. The summed E-state index contributed by atoms with van der Waals surface area (Å²) in [6.45, 7) is 12.9. The largest absolute Gasteiger partial charge is 0.598 e. The molecule has 1 heterocycles. The molecule has 3 rings (SSSR count). The molecule has 1 N–H and O–H groups in total. The molecule has 0 bridgehead atoms. The van der Waals surface area contributed by atoms with Crippen molar-refractivity contribution < 1.29 is 18.8 Å². The van der Waals surface area contributed by atoms with Gasteiger partial charge in [0, 0.05) is 29.9 Å². The second-order valence-electron chi connectivity index (χ2n) is 10.5. The predicted molar refractivity (Wildman–Crippen MR) is 120 cm³/mol. The van der Waals surface area contributed by atoms with Gasteiger partial charge in [-0.05, 0) is 84.1 Å². The Bertz CT molecular complexity index is 776. The van der Waals surface area contributed by atoms with Crippen molar-refractivity contribution >= 4 is 17.5 Å². The molecule has 0 radical (unpaired) electrons. The van der Waals surface area contributed by atoms with Crippen LogP contribution in [0.15, 0.2) is 18.2 Å². The summed E-state index contributed by atoms with van der Waals surface area (Å²) in [5, 5.41) is 0. The van der Waals surface area contributed by atoms with Crippen LogP contribution in [0.3, 0.4) is 0 Å². The van der Waals surface area contributed by atoms with Crippen LogP contribution < -0.4 is 9.46 Å². The van der Waals surface area contributed by atoms with E-state index in [0.29, 0.717) is 13.1 Å². The number of nitrogens with zero attached hydrogens (tertiary/aromatic N) is 1. The fourth-order valence-electron chi connectivity index (χ4n) is 4.34. The lowest BCUT2D eigenvalue weighted by Crippen LogP contribution is -2.51. The normalized spacial score (nSPS) is 22.0. The minimum absolute atomic E-state index is 0.0385. The van der Waals surface area contributed by atoms with E-state index in [1.165, 1.54) is 5.56 Å². The molecule has 0 unspecified atom stereocenters. The number of likely N-dealkylation sites (tertiary alicyclic amines) is 1. The summed E-state index contributed by atoms with van der Waals surface area (Å²) in [6.07, 6.45) is 2.33. The quantitative estimate of drug-likeness (QED) is 0.713. The van der Waals surface area contributed by atoms with E-state index >= 15 is 0 Å². The Labute approximate surface area is 184 Å². The fraction of sp³-hybridized carbons (Fsp3) is 0.696. The van der Waals surface area contributed by atoms with Gasteiger partial charge in [0.05, 0.1) is 13.2 Å². The summed E-state index contributed by atoms with van der Waals surface area (Å²) >= 11 is -1.20. The van der Waals surface area contributed by atoms with Crippen molar-refractivity contribution in [2.75, 3.05) is 20.2 Å². The summed E-state index contributed by atoms with van der Waals surface area (Å²) in [5.41, 5.74) is 1.86. The Hall–Kier alpha value is -1.44. The second-order valence-corrected chi connectivity index (χ2v) is 12.5. The number of hydrogen-bond acceptors (Lipinski definition) is 5. The number of ether oxygens (including phenoxy) is 2. The van der Waals surface area contributed by atoms with Gasteiger partial charge in [0.25, 0.3) is 0 Å². The minimum Gasteiger partial charge on any atom is -0.598 e. The van der Waals surface area contributed by atoms with E-state index in [1.807, 2.05) is 47.6 Å². The van der Waals surface area contributed by atoms with Gasteiger partial charge in [0.1, 0.15) is 16.1 Å². The van der Waals surface area contributed by atoms with E-state index in [4.69, 9.17) is 9.47 Å². The number of amides is 1. The van der Waals surface area contributed by atoms with Gasteiger partial charge in [-0.1, -0.05) is 6.07 Å². The van der Waals surface area contributed by atoms with Gasteiger partial charge in [-0.2, -0.15) is 0 Å². The number of nitrogens with one attached hydrogen (secondary N) is 1. The van der Waals surface area contributed by atoms with Crippen LogP contribution in [0.1, 0.15) is 71.6 Å². The summed E-state index contributed by atoms with van der Waals surface area (Å²) < 4.78 is 27.1. The highest BCUT2D eigenvalue weighted by Gasteiger charge is 2.51. The SMILES string of the molecule is COc1ccc2c(c1)[C@@H](N[S@+]([O-])C(C)(C)C)C1(CCN(C(=O)OC(C)(C)C)CC1)C2. The van der Waals surface area contributed by atoms with Crippen molar-refractivity contribution in [3.63, 3.8) is 0 Å². The number of benzene rings is 1. The van der Waals surface area contributed by atoms with Crippen LogP contribution in [0.25, 0.3) is 0 Å². The first-order valence-corrected chi connectivity index (χ1v) is 11.8. The van der Waals surface area contributed by atoms with E-state index in [9.17, 15) is 9.35 Å². The molecule has 1 fully saturated rings. The third kappa shape index (κ3) is 4.89. The van der Waals surface area contributed by atoms with Crippen LogP contribution in [0, 0.1) is 5.41 Å². The van der Waals surface area contributed by atoms with Crippen LogP contribution in [0.4, 0.5) is 4.79 Å². The van der Waals surface area contributed by atoms with Gasteiger partial charge < -0.3 is 18.9 Å². The van der Waals surface area contributed by atoms with Crippen LogP contribution in [0.2, 0.25) is 0 Å². The first-order valence-electron chi connectivity index (χ1n) is 10.7. The molecule has 168 valence electrons. The minimum atomic E-state index is -1.20. The van der Waals surface area contributed by atoms with E-state index in [-0.39, 0.29) is 22.3 Å². The summed E-state index contributed by atoms with van der Waals surface area (Å²) in [4.78, 5) is 14.3. The number of piperidine rings is 1. The highest BCUT2D eigenvalue weighted by Crippen LogP contribution is 2.53. The molecule has 1 spiro atoms. The van der Waals surface area contributed by atoms with Crippen molar-refractivity contribution in [2.45, 2.75) is 77.2 Å². The average molecular weight is 437 g/mol. The lowest BCUT2D eigenvalue weighted by atomic mass is 9.73. The molecular weight excluding hydrogens is 400 g/mol. The van der Waals surface area contributed by atoms with Gasteiger partial charge in [0.15, 0.2) is 0 Å². The number of carbonyl (C=O) groups excluding carboxylic acids is 1. The molecule has 30 heavy (non-hydrogen) atoms. The first kappa shape index (κ1) is 23.2. The van der Waals surface area contributed by atoms with Crippen molar-refractivity contribution in [1.29, 1.82) is 0 Å². The van der Waals surface area contributed by atoms with E-state index < -0.39 is 17.0 Å². The molecule has 1 aliphatic heterocycles. The van der Waals surface area contributed by atoms with Gasteiger partial charge in [-0.3, -0.25) is 0 Å². The molecule has 6 nitrogen and oxygen atoms in total. The van der Waals surface area contributed by atoms with E-state index in [1.54, 1.807) is 12.0 Å². The Balaban J connectivity index is 1.83. The molecule has 1 amide bonds. The molecule has 1 saturated heterocycles. The Morgan fingerprint density at radius 3 is 2.37 bits per heavy atom. The van der Waals surface area contributed by atoms with E-state index in [2.05, 4.69) is 16.9 Å². The first-order chi connectivity index (χ1) is 13.8. The summed E-state index contributed by atoms with van der Waals surface area (Å²) in [6, 6.07) is 6.15. The molecule has 1 aromatic rings. The number of fused-ring (bicyclic) bond motifs is 1. The third-order valence-corrected chi connectivity index (χ3v) is 7.57. The van der Waals surface area contributed by atoms with Gasteiger partial charge >= 0.3 is 6.09 Å². The molecule has 0 saturated carbocycles. The Morgan fingerprint density at radius 1 is 1.20 bits per heavy atom. The zero-order valence-corrected chi connectivity index (χ0v) is 20.1. The molecule has 7 heteroatoms. The number of hydrogen-bond donors (Lipinski definition) is 1. The lowest BCUT2D eigenvalue weighted by Gasteiger charge is -2.43. The van der Waals surface area contributed by atoms with E-state index in [0.717, 1.165) is 30.6 Å². The molecule has 0 aromatic heterocycles. The maximum atomic E-state index is 13.0. The monoisotopic (exact) mass is 436 g/mol. The second kappa shape index (κ2) is 8.24.